The highest BCUT2D eigenvalue weighted by molar-refractivity contribution is 7.99. The first-order valence-electron chi connectivity index (χ1n) is 7.90. The van der Waals surface area contributed by atoms with Crippen LogP contribution in [0.5, 0.6) is 5.75 Å². The van der Waals surface area contributed by atoms with Gasteiger partial charge >= 0.3 is 0 Å². The van der Waals surface area contributed by atoms with Crippen molar-refractivity contribution in [2.75, 3.05) is 19.4 Å². The van der Waals surface area contributed by atoms with E-state index < -0.39 is 0 Å². The fourth-order valence-corrected chi connectivity index (χ4v) is 4.56. The first kappa shape index (κ1) is 17.0. The summed E-state index contributed by atoms with van der Waals surface area (Å²) in [7, 11) is 1.72. The smallest absolute Gasteiger partial charge is 0.122 e. The van der Waals surface area contributed by atoms with Gasteiger partial charge in [0.05, 0.1) is 7.11 Å². The highest BCUT2D eigenvalue weighted by Gasteiger charge is 2.18. The highest BCUT2D eigenvalue weighted by Crippen LogP contribution is 2.31. The van der Waals surface area contributed by atoms with E-state index in [-0.39, 0.29) is 0 Å². The lowest BCUT2D eigenvalue weighted by molar-refractivity contribution is 0.406. The van der Waals surface area contributed by atoms with Gasteiger partial charge in [0.1, 0.15) is 5.75 Å². The van der Waals surface area contributed by atoms with Crippen molar-refractivity contribution in [3.8, 4) is 5.75 Å². The summed E-state index contributed by atoms with van der Waals surface area (Å²) < 4.78 is 5.46. The number of hydrogen-bond donors (Lipinski definition) is 1. The van der Waals surface area contributed by atoms with Crippen molar-refractivity contribution in [1.82, 2.24) is 5.32 Å². The molecule has 1 unspecified atom stereocenters. The van der Waals surface area contributed by atoms with Crippen LogP contribution in [0.3, 0.4) is 0 Å². The van der Waals surface area contributed by atoms with Crippen molar-refractivity contribution in [2.24, 2.45) is 0 Å². The van der Waals surface area contributed by atoms with Crippen LogP contribution < -0.4 is 10.1 Å². The average Bonchev–Trinajstić information content (AvgIpc) is 2.98. The maximum absolute atomic E-state index is 6.13. The molecule has 0 aliphatic heterocycles. The molecule has 2 rings (SSSR count). The molecule has 118 valence electrons. The first-order chi connectivity index (χ1) is 10.2. The van der Waals surface area contributed by atoms with Crippen LogP contribution in [0, 0.1) is 0 Å². The fraction of sp³-hybridized carbons (Fsp3) is 0.647. The number of rotatable bonds is 8. The summed E-state index contributed by atoms with van der Waals surface area (Å²) in [6.45, 7) is 3.17. The Morgan fingerprint density at radius 3 is 2.81 bits per heavy atom. The van der Waals surface area contributed by atoms with Crippen LogP contribution in [0.15, 0.2) is 18.2 Å². The van der Waals surface area contributed by atoms with Gasteiger partial charge in [-0.15, -0.1) is 0 Å². The molecule has 0 saturated heterocycles. The summed E-state index contributed by atoms with van der Waals surface area (Å²) in [4.78, 5) is 0. The number of ether oxygens (including phenoxy) is 1. The lowest BCUT2D eigenvalue weighted by Gasteiger charge is -2.21. The molecule has 1 saturated carbocycles. The zero-order valence-corrected chi connectivity index (χ0v) is 14.6. The number of halogens is 1. The Kier molecular flexibility index (Phi) is 7.21. The molecule has 1 N–H and O–H groups in total. The van der Waals surface area contributed by atoms with E-state index in [0.29, 0.717) is 6.04 Å². The predicted octanol–water partition coefficient (Wildman–Crippen LogP) is 4.55. The number of methoxy groups -OCH3 is 1. The van der Waals surface area contributed by atoms with Crippen molar-refractivity contribution in [1.29, 1.82) is 0 Å². The molecule has 21 heavy (non-hydrogen) atoms. The molecule has 0 radical (unpaired) electrons. The summed E-state index contributed by atoms with van der Waals surface area (Å²) in [6.07, 6.45) is 6.57. The monoisotopic (exact) mass is 327 g/mol. The minimum absolute atomic E-state index is 0.480. The Morgan fingerprint density at radius 2 is 2.14 bits per heavy atom. The summed E-state index contributed by atoms with van der Waals surface area (Å²) in [5.74, 6) is 2.10. The van der Waals surface area contributed by atoms with Crippen LogP contribution in [0.4, 0.5) is 0 Å². The van der Waals surface area contributed by atoms with E-state index in [1.807, 2.05) is 18.2 Å². The Balaban J connectivity index is 1.96. The Labute approximate surface area is 138 Å². The van der Waals surface area contributed by atoms with E-state index in [4.69, 9.17) is 16.3 Å². The first-order valence-corrected chi connectivity index (χ1v) is 9.33. The van der Waals surface area contributed by atoms with E-state index >= 15 is 0 Å². The maximum atomic E-state index is 6.13. The lowest BCUT2D eigenvalue weighted by Crippen LogP contribution is -2.34. The molecule has 1 aromatic rings. The van der Waals surface area contributed by atoms with E-state index in [0.717, 1.165) is 34.7 Å². The van der Waals surface area contributed by atoms with E-state index in [1.54, 1.807) is 7.11 Å². The van der Waals surface area contributed by atoms with Crippen LogP contribution in [0.2, 0.25) is 5.02 Å². The fourth-order valence-electron chi connectivity index (χ4n) is 2.96. The van der Waals surface area contributed by atoms with Crippen LogP contribution >= 0.6 is 23.4 Å². The van der Waals surface area contributed by atoms with Gasteiger partial charge in [-0.05, 0) is 49.6 Å². The van der Waals surface area contributed by atoms with Gasteiger partial charge in [-0.3, -0.25) is 0 Å². The largest absolute Gasteiger partial charge is 0.496 e. The van der Waals surface area contributed by atoms with Crippen LogP contribution in [-0.2, 0) is 6.42 Å². The molecule has 1 aliphatic rings. The summed E-state index contributed by atoms with van der Waals surface area (Å²) >= 11 is 8.27. The second kappa shape index (κ2) is 8.92. The number of thioether (sulfide) groups is 1. The van der Waals surface area contributed by atoms with E-state index in [9.17, 15) is 0 Å². The van der Waals surface area contributed by atoms with Crippen LogP contribution in [0.25, 0.3) is 0 Å². The maximum Gasteiger partial charge on any atom is 0.122 e. The summed E-state index contributed by atoms with van der Waals surface area (Å²) in [5, 5.41) is 5.26. The topological polar surface area (TPSA) is 21.3 Å². The molecule has 0 amide bonds. The molecule has 1 fully saturated rings. The number of likely N-dealkylation sites (N-methyl/N-ethyl adjacent to an activating group) is 1. The van der Waals surface area contributed by atoms with Gasteiger partial charge in [-0.2, -0.15) is 11.8 Å². The van der Waals surface area contributed by atoms with Crippen molar-refractivity contribution >= 4 is 23.4 Å². The van der Waals surface area contributed by atoms with Gasteiger partial charge in [0.25, 0.3) is 0 Å². The van der Waals surface area contributed by atoms with Gasteiger partial charge in [0.15, 0.2) is 0 Å². The third-order valence-electron chi connectivity index (χ3n) is 4.04. The molecule has 0 aromatic heterocycles. The molecule has 2 nitrogen and oxygen atoms in total. The van der Waals surface area contributed by atoms with E-state index in [2.05, 4.69) is 24.0 Å². The van der Waals surface area contributed by atoms with E-state index in [1.165, 1.54) is 31.2 Å². The molecular weight excluding hydrogens is 302 g/mol. The Morgan fingerprint density at radius 1 is 1.38 bits per heavy atom. The van der Waals surface area contributed by atoms with Gasteiger partial charge < -0.3 is 10.1 Å². The van der Waals surface area contributed by atoms with Crippen LogP contribution in [0.1, 0.15) is 38.2 Å². The zero-order chi connectivity index (χ0) is 15.1. The van der Waals surface area contributed by atoms with Gasteiger partial charge in [0.2, 0.25) is 0 Å². The molecule has 0 bridgehead atoms. The Bertz CT molecular complexity index is 435. The average molecular weight is 328 g/mol. The SMILES string of the molecule is CCNC(CSC1CCCC1)Cc1cc(Cl)ccc1OC. The minimum Gasteiger partial charge on any atom is -0.496 e. The summed E-state index contributed by atoms with van der Waals surface area (Å²) in [6, 6.07) is 6.36. The van der Waals surface area contributed by atoms with Gasteiger partial charge in [0, 0.05) is 22.1 Å². The lowest BCUT2D eigenvalue weighted by atomic mass is 10.1. The molecule has 1 aromatic carbocycles. The number of benzene rings is 1. The van der Waals surface area contributed by atoms with Crippen molar-refractivity contribution in [2.45, 2.75) is 50.3 Å². The van der Waals surface area contributed by atoms with Crippen molar-refractivity contribution in [3.05, 3.63) is 28.8 Å². The zero-order valence-electron chi connectivity index (χ0n) is 13.0. The minimum atomic E-state index is 0.480. The predicted molar refractivity (Wildman–Crippen MR) is 93.9 cm³/mol. The molecule has 0 heterocycles. The molecule has 4 heteroatoms. The van der Waals surface area contributed by atoms with Crippen molar-refractivity contribution in [3.63, 3.8) is 0 Å². The second-order valence-corrected chi connectivity index (χ2v) is 7.42. The third kappa shape index (κ3) is 5.39. The molecule has 1 atom stereocenters. The van der Waals surface area contributed by atoms with Crippen molar-refractivity contribution < 1.29 is 4.74 Å². The third-order valence-corrected chi connectivity index (χ3v) is 5.81. The number of nitrogens with one attached hydrogen (secondary N) is 1. The van der Waals surface area contributed by atoms with Gasteiger partial charge in [-0.25, -0.2) is 0 Å². The number of hydrogen-bond acceptors (Lipinski definition) is 3. The molecular formula is C17H26ClNOS. The van der Waals surface area contributed by atoms with Gasteiger partial charge in [-0.1, -0.05) is 31.4 Å². The molecule has 0 spiro atoms. The molecule has 1 aliphatic carbocycles. The quantitative estimate of drug-likeness (QED) is 0.757. The standard InChI is InChI=1S/C17H26ClNOS/c1-3-19-15(12-21-16-6-4-5-7-16)11-13-10-14(18)8-9-17(13)20-2/h8-10,15-16,19H,3-7,11-12H2,1-2H3. The highest BCUT2D eigenvalue weighted by atomic mass is 35.5. The normalized spacial score (nSPS) is 17.1. The summed E-state index contributed by atoms with van der Waals surface area (Å²) in [5.41, 5.74) is 1.20. The Hall–Kier alpha value is -0.380. The second-order valence-electron chi connectivity index (χ2n) is 5.65. The van der Waals surface area contributed by atoms with Crippen LogP contribution in [-0.4, -0.2) is 30.7 Å².